The third-order valence-corrected chi connectivity index (χ3v) is 4.60. The molecule has 0 aromatic carbocycles. The van der Waals surface area contributed by atoms with E-state index in [0.717, 1.165) is 42.1 Å². The normalized spacial score (nSPS) is 13.9. The van der Waals surface area contributed by atoms with E-state index in [9.17, 15) is 4.79 Å². The minimum absolute atomic E-state index is 0.225. The Morgan fingerprint density at radius 3 is 3.14 bits per heavy atom. The molecule has 0 radical (unpaired) electrons. The quantitative estimate of drug-likeness (QED) is 0.706. The van der Waals surface area contributed by atoms with E-state index in [0.29, 0.717) is 17.4 Å². The van der Waals surface area contributed by atoms with Gasteiger partial charge in [-0.3, -0.25) is 15.2 Å². The Balaban J connectivity index is 1.63. The summed E-state index contributed by atoms with van der Waals surface area (Å²) in [5.41, 5.74) is 2.45. The molecule has 1 aliphatic heterocycles. The molecule has 2 aromatic rings. The van der Waals surface area contributed by atoms with Gasteiger partial charge in [0.05, 0.1) is 0 Å². The highest BCUT2D eigenvalue weighted by atomic mass is 32.1. The van der Waals surface area contributed by atoms with Crippen molar-refractivity contribution < 1.29 is 4.79 Å². The zero-order valence-corrected chi connectivity index (χ0v) is 13.4. The molecule has 2 aromatic heterocycles. The molecule has 0 atom stereocenters. The Hall–Kier alpha value is -1.80. The zero-order valence-electron chi connectivity index (χ0n) is 12.6. The number of carbonyl (C=O) groups excluding carboxylic acids is 1. The van der Waals surface area contributed by atoms with Crippen LogP contribution in [0.15, 0.2) is 0 Å². The van der Waals surface area contributed by atoms with Gasteiger partial charge in [-0.05, 0) is 6.42 Å². The number of fused-ring (bicyclic) bond motifs is 1. The van der Waals surface area contributed by atoms with E-state index in [-0.39, 0.29) is 5.91 Å². The SMILES string of the molecule is CCCCCc1nnc(NC(=O)c2n[nH]c3c2CNCC3)s1. The predicted molar refractivity (Wildman–Crippen MR) is 85.1 cm³/mol. The molecule has 0 spiro atoms. The third-order valence-electron chi connectivity index (χ3n) is 3.70. The summed E-state index contributed by atoms with van der Waals surface area (Å²) in [6, 6.07) is 0. The van der Waals surface area contributed by atoms with Gasteiger partial charge in [-0.25, -0.2) is 0 Å². The second kappa shape index (κ2) is 6.97. The molecule has 1 amide bonds. The molecule has 3 rings (SSSR count). The molecule has 22 heavy (non-hydrogen) atoms. The van der Waals surface area contributed by atoms with Crippen LogP contribution in [0.5, 0.6) is 0 Å². The van der Waals surface area contributed by atoms with Gasteiger partial charge < -0.3 is 5.32 Å². The zero-order chi connectivity index (χ0) is 15.4. The number of unbranched alkanes of at least 4 members (excludes halogenated alkanes) is 2. The summed E-state index contributed by atoms with van der Waals surface area (Å²) in [7, 11) is 0. The van der Waals surface area contributed by atoms with Crippen molar-refractivity contribution >= 4 is 22.4 Å². The first-order valence-electron chi connectivity index (χ1n) is 7.68. The number of rotatable bonds is 6. The van der Waals surface area contributed by atoms with Crippen LogP contribution < -0.4 is 10.6 Å². The molecule has 0 saturated heterocycles. The van der Waals surface area contributed by atoms with Gasteiger partial charge in [0.25, 0.3) is 5.91 Å². The number of amides is 1. The van der Waals surface area contributed by atoms with Crippen molar-refractivity contribution in [3.05, 3.63) is 22.0 Å². The Morgan fingerprint density at radius 1 is 1.36 bits per heavy atom. The van der Waals surface area contributed by atoms with E-state index >= 15 is 0 Å². The molecule has 1 aliphatic rings. The molecule has 3 N–H and O–H groups in total. The summed E-state index contributed by atoms with van der Waals surface area (Å²) in [5.74, 6) is -0.225. The molecule has 7 nitrogen and oxygen atoms in total. The van der Waals surface area contributed by atoms with E-state index in [1.54, 1.807) is 0 Å². The fraction of sp³-hybridized carbons (Fsp3) is 0.571. The van der Waals surface area contributed by atoms with Crippen LogP contribution in [0.4, 0.5) is 5.13 Å². The largest absolute Gasteiger partial charge is 0.312 e. The van der Waals surface area contributed by atoms with Gasteiger partial charge in [0, 0.05) is 37.2 Å². The minimum atomic E-state index is -0.225. The monoisotopic (exact) mass is 320 g/mol. The summed E-state index contributed by atoms with van der Waals surface area (Å²) < 4.78 is 0. The number of aromatic nitrogens is 4. The number of nitrogens with one attached hydrogen (secondary N) is 3. The number of H-pyrrole nitrogens is 1. The first kappa shape index (κ1) is 15.1. The van der Waals surface area contributed by atoms with Gasteiger partial charge in [0.15, 0.2) is 5.69 Å². The average Bonchev–Trinajstić information content (AvgIpc) is 3.14. The molecule has 8 heteroatoms. The summed E-state index contributed by atoms with van der Waals surface area (Å²) in [6.45, 7) is 3.76. The molecular weight excluding hydrogens is 300 g/mol. The number of aromatic amines is 1. The maximum Gasteiger partial charge on any atom is 0.278 e. The average molecular weight is 320 g/mol. The van der Waals surface area contributed by atoms with E-state index in [1.807, 2.05) is 0 Å². The Labute approximate surface area is 132 Å². The summed E-state index contributed by atoms with van der Waals surface area (Å²) in [6.07, 6.45) is 5.27. The lowest BCUT2D eigenvalue weighted by atomic mass is 10.1. The van der Waals surface area contributed by atoms with Crippen molar-refractivity contribution in [3.63, 3.8) is 0 Å². The van der Waals surface area contributed by atoms with Crippen LogP contribution >= 0.6 is 11.3 Å². The second-order valence-electron chi connectivity index (χ2n) is 5.37. The van der Waals surface area contributed by atoms with Crippen LogP contribution in [0.1, 0.15) is 52.9 Å². The highest BCUT2D eigenvalue weighted by molar-refractivity contribution is 7.15. The first-order chi connectivity index (χ1) is 10.8. The van der Waals surface area contributed by atoms with Crippen molar-refractivity contribution in [2.75, 3.05) is 11.9 Å². The fourth-order valence-electron chi connectivity index (χ4n) is 2.50. The minimum Gasteiger partial charge on any atom is -0.312 e. The molecule has 0 unspecified atom stereocenters. The first-order valence-corrected chi connectivity index (χ1v) is 8.50. The molecule has 0 aliphatic carbocycles. The lowest BCUT2D eigenvalue weighted by Gasteiger charge is -2.12. The van der Waals surface area contributed by atoms with Gasteiger partial charge in [0.1, 0.15) is 5.01 Å². The second-order valence-corrected chi connectivity index (χ2v) is 6.43. The van der Waals surface area contributed by atoms with Crippen LogP contribution in [-0.4, -0.2) is 32.8 Å². The Morgan fingerprint density at radius 2 is 2.27 bits per heavy atom. The maximum atomic E-state index is 12.3. The molecule has 0 fully saturated rings. The molecule has 0 saturated carbocycles. The third kappa shape index (κ3) is 3.33. The lowest BCUT2D eigenvalue weighted by Crippen LogP contribution is -2.25. The standard InChI is InChI=1S/C14H20N6OS/c1-2-3-4-5-11-18-20-14(22-11)16-13(21)12-9-8-15-7-6-10(9)17-19-12/h15H,2-8H2,1H3,(H,17,19)(H,16,20,21). The highest BCUT2D eigenvalue weighted by Gasteiger charge is 2.22. The number of carbonyl (C=O) groups is 1. The van der Waals surface area contributed by atoms with E-state index in [4.69, 9.17) is 0 Å². The van der Waals surface area contributed by atoms with Gasteiger partial charge in [0.2, 0.25) is 5.13 Å². The van der Waals surface area contributed by atoms with Gasteiger partial charge in [-0.2, -0.15) is 5.10 Å². The summed E-state index contributed by atoms with van der Waals surface area (Å²) >= 11 is 1.44. The van der Waals surface area contributed by atoms with Gasteiger partial charge in [-0.1, -0.05) is 31.1 Å². The molecule has 3 heterocycles. The van der Waals surface area contributed by atoms with Crippen LogP contribution in [-0.2, 0) is 19.4 Å². The van der Waals surface area contributed by atoms with Crippen molar-refractivity contribution in [1.82, 2.24) is 25.7 Å². The van der Waals surface area contributed by atoms with Gasteiger partial charge in [-0.15, -0.1) is 10.2 Å². The number of hydrogen-bond acceptors (Lipinski definition) is 6. The smallest absolute Gasteiger partial charge is 0.278 e. The lowest BCUT2D eigenvalue weighted by molar-refractivity contribution is 0.102. The van der Waals surface area contributed by atoms with Crippen molar-refractivity contribution in [2.24, 2.45) is 0 Å². The van der Waals surface area contributed by atoms with E-state index in [1.165, 1.54) is 24.2 Å². The summed E-state index contributed by atoms with van der Waals surface area (Å²) in [5, 5.41) is 22.8. The van der Waals surface area contributed by atoms with E-state index in [2.05, 4.69) is 38.0 Å². The van der Waals surface area contributed by atoms with Crippen molar-refractivity contribution in [3.8, 4) is 0 Å². The van der Waals surface area contributed by atoms with Crippen molar-refractivity contribution in [1.29, 1.82) is 0 Å². The maximum absolute atomic E-state index is 12.3. The Kier molecular flexibility index (Phi) is 4.79. The predicted octanol–water partition coefficient (Wildman–Crippen LogP) is 1.89. The van der Waals surface area contributed by atoms with Crippen molar-refractivity contribution in [2.45, 2.75) is 45.6 Å². The summed E-state index contributed by atoms with van der Waals surface area (Å²) in [4.78, 5) is 12.3. The number of hydrogen-bond donors (Lipinski definition) is 3. The number of anilines is 1. The molecule has 0 bridgehead atoms. The number of nitrogens with zero attached hydrogens (tertiary/aromatic N) is 3. The Bertz CT molecular complexity index is 650. The molecular formula is C14H20N6OS. The number of aryl methyl sites for hydroxylation is 1. The van der Waals surface area contributed by atoms with Crippen LogP contribution in [0, 0.1) is 0 Å². The molecule has 118 valence electrons. The van der Waals surface area contributed by atoms with Crippen LogP contribution in [0.25, 0.3) is 0 Å². The van der Waals surface area contributed by atoms with E-state index < -0.39 is 0 Å². The van der Waals surface area contributed by atoms with Gasteiger partial charge >= 0.3 is 0 Å². The van der Waals surface area contributed by atoms with Crippen LogP contribution in [0.2, 0.25) is 0 Å². The fourth-order valence-corrected chi connectivity index (χ4v) is 3.28. The van der Waals surface area contributed by atoms with Crippen LogP contribution in [0.3, 0.4) is 0 Å². The highest BCUT2D eigenvalue weighted by Crippen LogP contribution is 2.20. The topological polar surface area (TPSA) is 95.6 Å².